The Bertz CT molecular complexity index is 401. The predicted molar refractivity (Wildman–Crippen MR) is 53.6 cm³/mol. The molecule has 0 aliphatic heterocycles. The summed E-state index contributed by atoms with van der Waals surface area (Å²) < 4.78 is 46.9. The molecule has 0 heterocycles. The number of rotatable bonds is 3. The van der Waals surface area contributed by atoms with Gasteiger partial charge in [-0.1, -0.05) is 18.2 Å². The van der Waals surface area contributed by atoms with Crippen molar-refractivity contribution in [3.05, 3.63) is 35.4 Å². The van der Waals surface area contributed by atoms with E-state index in [2.05, 4.69) is 9.47 Å². The largest absolute Gasteiger partial charge is 0.465 e. The van der Waals surface area contributed by atoms with Crippen LogP contribution in [0.4, 0.5) is 13.2 Å². The molecule has 0 spiro atoms. The fourth-order valence-electron chi connectivity index (χ4n) is 1.46. The molecule has 0 fully saturated rings. The van der Waals surface area contributed by atoms with Gasteiger partial charge in [-0.25, -0.2) is 4.79 Å². The van der Waals surface area contributed by atoms with E-state index in [4.69, 9.17) is 0 Å². The Hall–Kier alpha value is -1.56. The van der Waals surface area contributed by atoms with Gasteiger partial charge in [0.1, 0.15) is 0 Å². The van der Waals surface area contributed by atoms with Crippen molar-refractivity contribution in [1.29, 1.82) is 0 Å². The highest BCUT2D eigenvalue weighted by Gasteiger charge is 2.42. The van der Waals surface area contributed by atoms with Crippen molar-refractivity contribution in [2.24, 2.45) is 0 Å². The first-order chi connectivity index (χ1) is 7.91. The fraction of sp³-hybridized carbons (Fsp3) is 0.364. The summed E-state index contributed by atoms with van der Waals surface area (Å²) in [6.45, 7) is 0. The first-order valence-electron chi connectivity index (χ1n) is 4.68. The number of methoxy groups -OCH3 is 2. The smallest absolute Gasteiger partial charge is 0.418 e. The maximum atomic E-state index is 12.7. The van der Waals surface area contributed by atoms with Gasteiger partial charge in [-0.15, -0.1) is 0 Å². The van der Waals surface area contributed by atoms with E-state index in [1.54, 1.807) is 0 Å². The van der Waals surface area contributed by atoms with Crippen LogP contribution in [0, 0.1) is 0 Å². The topological polar surface area (TPSA) is 35.5 Å². The van der Waals surface area contributed by atoms with Crippen LogP contribution < -0.4 is 0 Å². The molecular formula is C11H11F3O3. The van der Waals surface area contributed by atoms with Crippen molar-refractivity contribution in [1.82, 2.24) is 0 Å². The first kappa shape index (κ1) is 13.5. The maximum Gasteiger partial charge on any atom is 0.418 e. The lowest BCUT2D eigenvalue weighted by Crippen LogP contribution is -2.24. The molecule has 1 rings (SSSR count). The van der Waals surface area contributed by atoms with Crippen molar-refractivity contribution < 1.29 is 27.4 Å². The quantitative estimate of drug-likeness (QED) is 0.771. The average molecular weight is 248 g/mol. The summed E-state index contributed by atoms with van der Waals surface area (Å²) in [4.78, 5) is 11.3. The second-order valence-electron chi connectivity index (χ2n) is 3.24. The summed E-state index contributed by atoms with van der Waals surface area (Å²) in [5, 5.41) is 0. The van der Waals surface area contributed by atoms with E-state index in [0.717, 1.165) is 14.2 Å². The summed E-state index contributed by atoms with van der Waals surface area (Å²) >= 11 is 0. The van der Waals surface area contributed by atoms with E-state index in [-0.39, 0.29) is 11.1 Å². The zero-order valence-electron chi connectivity index (χ0n) is 9.25. The van der Waals surface area contributed by atoms with E-state index in [9.17, 15) is 18.0 Å². The maximum absolute atomic E-state index is 12.7. The summed E-state index contributed by atoms with van der Waals surface area (Å²) in [5.74, 6) is -0.827. The first-order valence-corrected chi connectivity index (χ1v) is 4.68. The third-order valence-electron chi connectivity index (χ3n) is 2.18. The molecular weight excluding hydrogens is 237 g/mol. The number of halogens is 3. The van der Waals surface area contributed by atoms with E-state index in [1.807, 2.05) is 0 Å². The molecule has 0 aromatic heterocycles. The summed E-state index contributed by atoms with van der Waals surface area (Å²) in [5.41, 5.74) is -0.409. The minimum absolute atomic E-state index is 0.154. The molecule has 0 bridgehead atoms. The van der Waals surface area contributed by atoms with Crippen molar-refractivity contribution >= 4 is 5.97 Å². The Morgan fingerprint density at radius 1 is 1.24 bits per heavy atom. The van der Waals surface area contributed by atoms with Crippen molar-refractivity contribution in [3.63, 3.8) is 0 Å². The Labute approximate surface area is 96.1 Å². The summed E-state index contributed by atoms with van der Waals surface area (Å²) in [6.07, 6.45) is -6.73. The Morgan fingerprint density at radius 3 is 2.29 bits per heavy atom. The number of hydrogen-bond acceptors (Lipinski definition) is 3. The summed E-state index contributed by atoms with van der Waals surface area (Å²) in [6, 6.07) is 5.31. The molecule has 0 amide bonds. The van der Waals surface area contributed by atoms with Crippen LogP contribution in [0.25, 0.3) is 0 Å². The highest BCUT2D eigenvalue weighted by Crippen LogP contribution is 2.36. The Balaban J connectivity index is 3.25. The average Bonchev–Trinajstić information content (AvgIpc) is 2.28. The molecule has 0 saturated heterocycles. The van der Waals surface area contributed by atoms with Gasteiger partial charge in [0.2, 0.25) is 0 Å². The Kier molecular flexibility index (Phi) is 4.11. The van der Waals surface area contributed by atoms with Crippen LogP contribution in [-0.4, -0.2) is 26.4 Å². The highest BCUT2D eigenvalue weighted by molar-refractivity contribution is 5.91. The van der Waals surface area contributed by atoms with Gasteiger partial charge in [-0.2, -0.15) is 13.2 Å². The summed E-state index contributed by atoms with van der Waals surface area (Å²) in [7, 11) is 2.04. The van der Waals surface area contributed by atoms with Crippen LogP contribution in [-0.2, 0) is 9.47 Å². The van der Waals surface area contributed by atoms with Crippen molar-refractivity contribution in [2.75, 3.05) is 14.2 Å². The molecule has 0 saturated carbocycles. The molecule has 1 aromatic rings. The number of hydrogen-bond donors (Lipinski definition) is 0. The van der Waals surface area contributed by atoms with Crippen LogP contribution in [0.1, 0.15) is 22.0 Å². The number of carbonyl (C=O) groups is 1. The second kappa shape index (κ2) is 5.18. The van der Waals surface area contributed by atoms with Crippen molar-refractivity contribution in [3.8, 4) is 0 Å². The third kappa shape index (κ3) is 2.97. The Morgan fingerprint density at radius 2 is 1.82 bits per heavy atom. The third-order valence-corrected chi connectivity index (χ3v) is 2.18. The lowest BCUT2D eigenvalue weighted by Gasteiger charge is -2.20. The standard InChI is InChI=1S/C11H11F3O3/c1-16-9(11(12,13)14)7-5-3-4-6-8(7)10(15)17-2/h3-6,9H,1-2H3. The molecule has 3 nitrogen and oxygen atoms in total. The zero-order chi connectivity index (χ0) is 13.1. The van der Waals surface area contributed by atoms with Crippen LogP contribution in [0.5, 0.6) is 0 Å². The highest BCUT2D eigenvalue weighted by atomic mass is 19.4. The van der Waals surface area contributed by atoms with Crippen LogP contribution in [0.15, 0.2) is 24.3 Å². The molecule has 1 unspecified atom stereocenters. The number of ether oxygens (including phenoxy) is 2. The predicted octanol–water partition coefficient (Wildman–Crippen LogP) is 2.72. The van der Waals surface area contributed by atoms with Gasteiger partial charge in [0.25, 0.3) is 0 Å². The van der Waals surface area contributed by atoms with Gasteiger partial charge in [0.05, 0.1) is 12.7 Å². The molecule has 0 aliphatic carbocycles. The van der Waals surface area contributed by atoms with E-state index in [0.29, 0.717) is 0 Å². The molecule has 94 valence electrons. The van der Waals surface area contributed by atoms with Gasteiger partial charge in [-0.05, 0) is 6.07 Å². The SMILES string of the molecule is COC(=O)c1ccccc1C(OC)C(F)(F)F. The monoisotopic (exact) mass is 248 g/mol. The van der Waals surface area contributed by atoms with Gasteiger partial charge >= 0.3 is 12.1 Å². The molecule has 0 aliphatic rings. The lowest BCUT2D eigenvalue weighted by molar-refractivity contribution is -0.216. The van der Waals surface area contributed by atoms with E-state index < -0.39 is 18.2 Å². The van der Waals surface area contributed by atoms with Crippen molar-refractivity contribution in [2.45, 2.75) is 12.3 Å². The minimum Gasteiger partial charge on any atom is -0.465 e. The van der Waals surface area contributed by atoms with Gasteiger partial charge in [0.15, 0.2) is 6.10 Å². The van der Waals surface area contributed by atoms with Crippen LogP contribution in [0.3, 0.4) is 0 Å². The molecule has 0 radical (unpaired) electrons. The van der Waals surface area contributed by atoms with Gasteiger partial charge in [0, 0.05) is 12.7 Å². The van der Waals surface area contributed by atoms with Crippen LogP contribution >= 0.6 is 0 Å². The molecule has 0 N–H and O–H groups in total. The van der Waals surface area contributed by atoms with Gasteiger partial charge < -0.3 is 9.47 Å². The molecule has 1 aromatic carbocycles. The van der Waals surface area contributed by atoms with Crippen LogP contribution in [0.2, 0.25) is 0 Å². The normalized spacial score (nSPS) is 13.2. The number of benzene rings is 1. The van der Waals surface area contributed by atoms with E-state index >= 15 is 0 Å². The number of esters is 1. The zero-order valence-corrected chi connectivity index (χ0v) is 9.25. The molecule has 17 heavy (non-hydrogen) atoms. The van der Waals surface area contributed by atoms with E-state index in [1.165, 1.54) is 24.3 Å². The number of carbonyl (C=O) groups excluding carboxylic acids is 1. The minimum atomic E-state index is -4.58. The van der Waals surface area contributed by atoms with Gasteiger partial charge in [-0.3, -0.25) is 0 Å². The second-order valence-corrected chi connectivity index (χ2v) is 3.24. The lowest BCUT2D eigenvalue weighted by atomic mass is 10.0. The number of alkyl halides is 3. The fourth-order valence-corrected chi connectivity index (χ4v) is 1.46. The molecule has 1 atom stereocenters. The molecule has 6 heteroatoms.